The average Bonchev–Trinajstić information content (AvgIpc) is 3.49. The van der Waals surface area contributed by atoms with E-state index in [1.807, 2.05) is 6.07 Å². The summed E-state index contributed by atoms with van der Waals surface area (Å²) < 4.78 is 15.7. The standard InChI is InChI=1S/C21H21N3O5S/c1-27-14-8-12(9-15(10-14)28-2)19(25)24-21-23-18-16(5-6-17(18)30-21)20(26)22-11-13-4-3-7-29-13/h3-4,7-10,16H,5-6,11H2,1-2H3,(H,22,26)(H,23,24,25). The monoisotopic (exact) mass is 427 g/mol. The molecule has 0 bridgehead atoms. The number of fused-ring (bicyclic) bond motifs is 1. The van der Waals surface area contributed by atoms with E-state index in [1.165, 1.54) is 25.6 Å². The van der Waals surface area contributed by atoms with Gasteiger partial charge < -0.3 is 19.2 Å². The van der Waals surface area contributed by atoms with Crippen LogP contribution >= 0.6 is 11.3 Å². The Bertz CT molecular complexity index is 1040. The van der Waals surface area contributed by atoms with Crippen molar-refractivity contribution in [3.63, 3.8) is 0 Å². The molecule has 4 rings (SSSR count). The number of thiazole rings is 1. The summed E-state index contributed by atoms with van der Waals surface area (Å²) in [5.74, 6) is 1.00. The maximum absolute atomic E-state index is 12.7. The summed E-state index contributed by atoms with van der Waals surface area (Å²) in [5.41, 5.74) is 1.13. The Morgan fingerprint density at radius 2 is 2.00 bits per heavy atom. The van der Waals surface area contributed by atoms with Crippen LogP contribution in [0, 0.1) is 0 Å². The van der Waals surface area contributed by atoms with Gasteiger partial charge >= 0.3 is 0 Å². The molecule has 1 aliphatic rings. The van der Waals surface area contributed by atoms with Crippen molar-refractivity contribution in [3.05, 3.63) is 58.5 Å². The lowest BCUT2D eigenvalue weighted by molar-refractivity contribution is -0.122. The third-order valence-electron chi connectivity index (χ3n) is 4.89. The fraction of sp³-hybridized carbons (Fsp3) is 0.286. The zero-order valence-electron chi connectivity index (χ0n) is 16.6. The Balaban J connectivity index is 1.44. The van der Waals surface area contributed by atoms with Crippen molar-refractivity contribution < 1.29 is 23.5 Å². The number of methoxy groups -OCH3 is 2. The highest BCUT2D eigenvalue weighted by atomic mass is 32.1. The number of aryl methyl sites for hydroxylation is 1. The van der Waals surface area contributed by atoms with E-state index in [-0.39, 0.29) is 17.7 Å². The van der Waals surface area contributed by atoms with Crippen LogP contribution in [-0.4, -0.2) is 31.0 Å². The molecular formula is C21H21N3O5S. The molecule has 156 valence electrons. The van der Waals surface area contributed by atoms with Gasteiger partial charge in [0, 0.05) is 16.5 Å². The normalized spacial score (nSPS) is 14.8. The number of aromatic nitrogens is 1. The summed E-state index contributed by atoms with van der Waals surface area (Å²) in [7, 11) is 3.05. The minimum absolute atomic E-state index is 0.0918. The average molecular weight is 427 g/mol. The first kappa shape index (κ1) is 20.0. The topological polar surface area (TPSA) is 103 Å². The van der Waals surface area contributed by atoms with Crippen LogP contribution in [0.2, 0.25) is 0 Å². The third kappa shape index (κ3) is 4.16. The van der Waals surface area contributed by atoms with Crippen molar-refractivity contribution in [1.29, 1.82) is 0 Å². The highest BCUT2D eigenvalue weighted by Crippen LogP contribution is 2.38. The van der Waals surface area contributed by atoms with Crippen LogP contribution in [0.5, 0.6) is 11.5 Å². The van der Waals surface area contributed by atoms with Gasteiger partial charge in [0.25, 0.3) is 5.91 Å². The Hall–Kier alpha value is -3.33. The minimum atomic E-state index is -0.325. The fourth-order valence-corrected chi connectivity index (χ4v) is 4.39. The number of ether oxygens (including phenoxy) is 2. The summed E-state index contributed by atoms with van der Waals surface area (Å²) in [4.78, 5) is 30.8. The minimum Gasteiger partial charge on any atom is -0.497 e. The Morgan fingerprint density at radius 1 is 1.23 bits per heavy atom. The maximum atomic E-state index is 12.7. The molecule has 1 atom stereocenters. The lowest BCUT2D eigenvalue weighted by Crippen LogP contribution is -2.28. The molecule has 2 amide bonds. The second kappa shape index (κ2) is 8.58. The number of rotatable bonds is 7. The number of anilines is 1. The number of nitrogens with zero attached hydrogens (tertiary/aromatic N) is 1. The molecule has 3 aromatic rings. The molecule has 1 aromatic carbocycles. The largest absolute Gasteiger partial charge is 0.497 e. The van der Waals surface area contributed by atoms with Crippen molar-refractivity contribution in [3.8, 4) is 11.5 Å². The molecule has 0 spiro atoms. The van der Waals surface area contributed by atoms with Gasteiger partial charge in [-0.1, -0.05) is 0 Å². The molecule has 8 nitrogen and oxygen atoms in total. The van der Waals surface area contributed by atoms with Gasteiger partial charge in [0.15, 0.2) is 5.13 Å². The molecule has 9 heteroatoms. The predicted molar refractivity (Wildman–Crippen MR) is 111 cm³/mol. The lowest BCUT2D eigenvalue weighted by Gasteiger charge is -2.10. The van der Waals surface area contributed by atoms with Crippen LogP contribution < -0.4 is 20.1 Å². The van der Waals surface area contributed by atoms with Crippen molar-refractivity contribution in [2.75, 3.05) is 19.5 Å². The number of hydrogen-bond donors (Lipinski definition) is 2. The molecule has 0 aliphatic heterocycles. The number of nitrogens with one attached hydrogen (secondary N) is 2. The summed E-state index contributed by atoms with van der Waals surface area (Å²) >= 11 is 1.40. The van der Waals surface area contributed by atoms with Gasteiger partial charge in [-0.2, -0.15) is 0 Å². The van der Waals surface area contributed by atoms with E-state index in [0.29, 0.717) is 40.9 Å². The van der Waals surface area contributed by atoms with Crippen LogP contribution in [0.3, 0.4) is 0 Å². The third-order valence-corrected chi connectivity index (χ3v) is 5.93. The van der Waals surface area contributed by atoms with Crippen LogP contribution in [0.1, 0.15) is 39.0 Å². The number of carbonyl (C=O) groups is 2. The Kier molecular flexibility index (Phi) is 5.71. The summed E-state index contributed by atoms with van der Waals surface area (Å²) in [6.45, 7) is 0.336. The second-order valence-electron chi connectivity index (χ2n) is 6.77. The fourth-order valence-electron chi connectivity index (χ4n) is 3.35. The first-order valence-corrected chi connectivity index (χ1v) is 10.2. The van der Waals surface area contributed by atoms with Gasteiger partial charge in [0.2, 0.25) is 5.91 Å². The van der Waals surface area contributed by atoms with Gasteiger partial charge in [0.05, 0.1) is 38.6 Å². The van der Waals surface area contributed by atoms with Gasteiger partial charge in [-0.15, -0.1) is 11.3 Å². The van der Waals surface area contributed by atoms with Crippen LogP contribution in [0.4, 0.5) is 5.13 Å². The van der Waals surface area contributed by atoms with E-state index in [0.717, 1.165) is 17.0 Å². The lowest BCUT2D eigenvalue weighted by atomic mass is 10.1. The molecule has 1 aliphatic carbocycles. The first-order chi connectivity index (χ1) is 14.6. The summed E-state index contributed by atoms with van der Waals surface area (Å²) in [5, 5.41) is 6.17. The van der Waals surface area contributed by atoms with Crippen LogP contribution in [0.25, 0.3) is 0 Å². The number of hydrogen-bond acceptors (Lipinski definition) is 7. The molecule has 30 heavy (non-hydrogen) atoms. The van der Waals surface area contributed by atoms with Gasteiger partial charge in [-0.05, 0) is 37.1 Å². The number of benzene rings is 1. The molecule has 0 fully saturated rings. The van der Waals surface area contributed by atoms with E-state index in [1.54, 1.807) is 30.5 Å². The highest BCUT2D eigenvalue weighted by molar-refractivity contribution is 7.16. The predicted octanol–water partition coefficient (Wildman–Crippen LogP) is 3.35. The molecule has 0 saturated carbocycles. The van der Waals surface area contributed by atoms with Crippen molar-refractivity contribution >= 4 is 28.3 Å². The zero-order chi connectivity index (χ0) is 21.1. The van der Waals surface area contributed by atoms with E-state index in [9.17, 15) is 9.59 Å². The SMILES string of the molecule is COc1cc(OC)cc(C(=O)Nc2nc3c(s2)CCC3C(=O)NCc2ccco2)c1. The number of furan rings is 1. The molecule has 0 saturated heterocycles. The molecule has 2 heterocycles. The summed E-state index contributed by atoms with van der Waals surface area (Å²) in [6.07, 6.45) is 3.04. The van der Waals surface area contributed by atoms with Gasteiger partial charge in [0.1, 0.15) is 17.3 Å². The molecule has 2 aromatic heterocycles. The quantitative estimate of drug-likeness (QED) is 0.599. The number of amides is 2. The molecule has 2 N–H and O–H groups in total. The second-order valence-corrected chi connectivity index (χ2v) is 7.85. The molecule has 0 radical (unpaired) electrons. The van der Waals surface area contributed by atoms with Crippen molar-refractivity contribution in [1.82, 2.24) is 10.3 Å². The van der Waals surface area contributed by atoms with E-state index in [4.69, 9.17) is 13.9 Å². The summed E-state index contributed by atoms with van der Waals surface area (Å²) in [6, 6.07) is 8.54. The van der Waals surface area contributed by atoms with E-state index >= 15 is 0 Å². The van der Waals surface area contributed by atoms with Crippen molar-refractivity contribution in [2.24, 2.45) is 0 Å². The highest BCUT2D eigenvalue weighted by Gasteiger charge is 2.32. The van der Waals surface area contributed by atoms with Gasteiger partial charge in [-0.3, -0.25) is 14.9 Å². The van der Waals surface area contributed by atoms with Gasteiger partial charge in [-0.25, -0.2) is 4.98 Å². The Morgan fingerprint density at radius 3 is 2.67 bits per heavy atom. The van der Waals surface area contributed by atoms with E-state index < -0.39 is 0 Å². The van der Waals surface area contributed by atoms with Crippen molar-refractivity contribution in [2.45, 2.75) is 25.3 Å². The maximum Gasteiger partial charge on any atom is 0.257 e. The van der Waals surface area contributed by atoms with E-state index in [2.05, 4.69) is 15.6 Å². The molecule has 1 unspecified atom stereocenters. The zero-order valence-corrected chi connectivity index (χ0v) is 17.4. The first-order valence-electron chi connectivity index (χ1n) is 9.41. The van der Waals surface area contributed by atoms with Crippen LogP contribution in [-0.2, 0) is 17.8 Å². The Labute approximate surface area is 177 Å². The smallest absolute Gasteiger partial charge is 0.257 e. The molecular weight excluding hydrogens is 406 g/mol. The number of carbonyl (C=O) groups excluding carboxylic acids is 2. The van der Waals surface area contributed by atoms with Crippen LogP contribution in [0.15, 0.2) is 41.0 Å².